The van der Waals surface area contributed by atoms with Crippen LogP contribution >= 0.6 is 0 Å². The van der Waals surface area contributed by atoms with E-state index >= 15 is 0 Å². The van der Waals surface area contributed by atoms with Gasteiger partial charge in [-0.3, -0.25) is 4.79 Å². The molecule has 170 valence electrons. The molecule has 1 unspecified atom stereocenters. The first kappa shape index (κ1) is 24.0. The van der Waals surface area contributed by atoms with Crippen molar-refractivity contribution in [3.8, 4) is 17.2 Å². The van der Waals surface area contributed by atoms with Crippen LogP contribution in [0.1, 0.15) is 10.4 Å². The molecule has 31 heavy (non-hydrogen) atoms. The number of rotatable bonds is 8. The number of carbonyl (C=O) groups excluding carboxylic acids is 1. The van der Waals surface area contributed by atoms with E-state index in [4.69, 9.17) is 4.74 Å². The summed E-state index contributed by atoms with van der Waals surface area (Å²) in [6.07, 6.45) is -15.6. The van der Waals surface area contributed by atoms with Crippen molar-refractivity contribution in [1.29, 1.82) is 0 Å². The molecular formula is C18H13F8NO4. The molecule has 0 heterocycles. The Bertz CT molecular complexity index is 920. The summed E-state index contributed by atoms with van der Waals surface area (Å²) in [7, 11) is 1.13. The SMILES string of the molecule is COc1cc(C(=O)Nc2cccc(OC(F)(F)C(F)C(F)(F)F)c2)ccc1OC(F)F. The number of anilines is 1. The van der Waals surface area contributed by atoms with E-state index in [0.717, 1.165) is 43.5 Å². The summed E-state index contributed by atoms with van der Waals surface area (Å²) in [5.41, 5.74) is -0.302. The largest absolute Gasteiger partial charge is 0.493 e. The molecule has 2 rings (SSSR count). The van der Waals surface area contributed by atoms with Gasteiger partial charge in [-0.15, -0.1) is 0 Å². The van der Waals surface area contributed by atoms with Crippen LogP contribution in [0.3, 0.4) is 0 Å². The van der Waals surface area contributed by atoms with Gasteiger partial charge in [0.25, 0.3) is 12.1 Å². The predicted octanol–water partition coefficient (Wildman–Crippen LogP) is 5.42. The molecular weight excluding hydrogens is 446 g/mol. The van der Waals surface area contributed by atoms with Gasteiger partial charge in [-0.2, -0.15) is 30.7 Å². The molecule has 0 aliphatic carbocycles. The number of nitrogens with one attached hydrogen (secondary N) is 1. The molecule has 1 N–H and O–H groups in total. The van der Waals surface area contributed by atoms with Crippen molar-refractivity contribution in [3.05, 3.63) is 48.0 Å². The van der Waals surface area contributed by atoms with E-state index in [2.05, 4.69) is 14.8 Å². The lowest BCUT2D eigenvalue weighted by Crippen LogP contribution is -2.45. The van der Waals surface area contributed by atoms with E-state index in [1.807, 2.05) is 0 Å². The molecule has 1 atom stereocenters. The van der Waals surface area contributed by atoms with Crippen molar-refractivity contribution >= 4 is 11.6 Å². The number of ether oxygens (including phenoxy) is 3. The Morgan fingerprint density at radius 1 is 0.968 bits per heavy atom. The molecule has 0 radical (unpaired) electrons. The van der Waals surface area contributed by atoms with Crippen LogP contribution in [0.4, 0.5) is 40.8 Å². The highest BCUT2D eigenvalue weighted by atomic mass is 19.4. The number of amides is 1. The number of alkyl halides is 8. The summed E-state index contributed by atoms with van der Waals surface area (Å²) in [4.78, 5) is 12.3. The Balaban J connectivity index is 2.16. The first-order valence-corrected chi connectivity index (χ1v) is 8.15. The Morgan fingerprint density at radius 3 is 2.23 bits per heavy atom. The average molecular weight is 459 g/mol. The Labute approximate surface area is 169 Å². The van der Waals surface area contributed by atoms with Crippen LogP contribution in [0.2, 0.25) is 0 Å². The topological polar surface area (TPSA) is 56.8 Å². The minimum atomic E-state index is -5.85. The molecule has 0 spiro atoms. The fraction of sp³-hybridized carbons (Fsp3) is 0.278. The number of halogens is 8. The third kappa shape index (κ3) is 6.36. The molecule has 0 aliphatic rings. The summed E-state index contributed by atoms with van der Waals surface area (Å²) in [5.74, 6) is -2.26. The molecule has 0 bridgehead atoms. The lowest BCUT2D eigenvalue weighted by molar-refractivity contribution is -0.304. The summed E-state index contributed by atoms with van der Waals surface area (Å²) < 4.78 is 114. The van der Waals surface area contributed by atoms with Gasteiger partial charge in [-0.25, -0.2) is 4.39 Å². The van der Waals surface area contributed by atoms with Gasteiger partial charge in [-0.1, -0.05) is 6.07 Å². The molecule has 2 aromatic carbocycles. The van der Waals surface area contributed by atoms with E-state index in [1.54, 1.807) is 0 Å². The highest BCUT2D eigenvalue weighted by Crippen LogP contribution is 2.37. The summed E-state index contributed by atoms with van der Waals surface area (Å²) in [6.45, 7) is -3.14. The van der Waals surface area contributed by atoms with Crippen molar-refractivity contribution in [3.63, 3.8) is 0 Å². The second-order valence-corrected chi connectivity index (χ2v) is 5.79. The fourth-order valence-corrected chi connectivity index (χ4v) is 2.24. The number of hydrogen-bond acceptors (Lipinski definition) is 4. The van der Waals surface area contributed by atoms with Crippen LogP contribution in [-0.4, -0.2) is 38.1 Å². The van der Waals surface area contributed by atoms with Crippen LogP contribution in [0, 0.1) is 0 Å². The van der Waals surface area contributed by atoms with Gasteiger partial charge >= 0.3 is 18.9 Å². The van der Waals surface area contributed by atoms with Crippen LogP contribution in [0.25, 0.3) is 0 Å². The molecule has 0 saturated carbocycles. The quantitative estimate of drug-likeness (QED) is 0.536. The van der Waals surface area contributed by atoms with Gasteiger partial charge < -0.3 is 19.5 Å². The van der Waals surface area contributed by atoms with E-state index in [-0.39, 0.29) is 22.7 Å². The maximum Gasteiger partial charge on any atom is 0.439 e. The molecule has 2 aromatic rings. The van der Waals surface area contributed by atoms with Crippen molar-refractivity contribution < 1.29 is 54.1 Å². The van der Waals surface area contributed by atoms with Crippen LogP contribution in [0.15, 0.2) is 42.5 Å². The van der Waals surface area contributed by atoms with Crippen molar-refractivity contribution in [2.75, 3.05) is 12.4 Å². The highest BCUT2D eigenvalue weighted by molar-refractivity contribution is 6.04. The third-order valence-electron chi connectivity index (χ3n) is 3.57. The molecule has 0 fully saturated rings. The third-order valence-corrected chi connectivity index (χ3v) is 3.57. The van der Waals surface area contributed by atoms with Gasteiger partial charge in [0.15, 0.2) is 11.5 Å². The van der Waals surface area contributed by atoms with Crippen molar-refractivity contribution in [2.45, 2.75) is 25.1 Å². The van der Waals surface area contributed by atoms with Crippen LogP contribution in [0.5, 0.6) is 17.2 Å². The first-order valence-electron chi connectivity index (χ1n) is 8.15. The highest BCUT2D eigenvalue weighted by Gasteiger charge is 2.59. The fourth-order valence-electron chi connectivity index (χ4n) is 2.24. The van der Waals surface area contributed by atoms with E-state index in [9.17, 15) is 39.9 Å². The summed E-state index contributed by atoms with van der Waals surface area (Å²) >= 11 is 0. The number of methoxy groups -OCH3 is 1. The maximum atomic E-state index is 13.4. The van der Waals surface area contributed by atoms with E-state index < -0.39 is 36.7 Å². The van der Waals surface area contributed by atoms with Crippen molar-refractivity contribution in [2.24, 2.45) is 0 Å². The molecule has 13 heteroatoms. The Hall–Kier alpha value is -3.25. The Morgan fingerprint density at radius 2 is 1.65 bits per heavy atom. The summed E-state index contributed by atoms with van der Waals surface area (Å²) in [6, 6.07) is 6.98. The summed E-state index contributed by atoms with van der Waals surface area (Å²) in [5, 5.41) is 2.23. The molecule has 5 nitrogen and oxygen atoms in total. The maximum absolute atomic E-state index is 13.4. The number of carbonyl (C=O) groups is 1. The standard InChI is InChI=1S/C18H13F8NO4/c1-29-13-7-9(5-6-12(13)30-16(20)21)14(28)27-10-3-2-4-11(8-10)31-18(25,26)15(19)17(22,23)24/h2-8,15-16H,1H3,(H,27,28). The number of benzene rings is 2. The minimum Gasteiger partial charge on any atom is -0.493 e. The zero-order valence-corrected chi connectivity index (χ0v) is 15.4. The van der Waals surface area contributed by atoms with Gasteiger partial charge in [0.1, 0.15) is 5.75 Å². The van der Waals surface area contributed by atoms with Crippen LogP contribution < -0.4 is 19.5 Å². The van der Waals surface area contributed by atoms with E-state index in [1.165, 1.54) is 6.07 Å². The average Bonchev–Trinajstić information content (AvgIpc) is 2.66. The monoisotopic (exact) mass is 459 g/mol. The second kappa shape index (κ2) is 9.27. The molecule has 0 saturated heterocycles. The minimum absolute atomic E-state index is 0.115. The van der Waals surface area contributed by atoms with Gasteiger partial charge in [0.05, 0.1) is 7.11 Å². The predicted molar refractivity (Wildman–Crippen MR) is 90.5 cm³/mol. The Kier molecular flexibility index (Phi) is 7.18. The smallest absolute Gasteiger partial charge is 0.439 e. The normalized spacial score (nSPS) is 13.0. The lowest BCUT2D eigenvalue weighted by Gasteiger charge is -2.23. The zero-order chi connectivity index (χ0) is 23.4. The molecule has 1 amide bonds. The van der Waals surface area contributed by atoms with Crippen molar-refractivity contribution in [1.82, 2.24) is 0 Å². The van der Waals surface area contributed by atoms with Gasteiger partial charge in [0, 0.05) is 17.3 Å². The van der Waals surface area contributed by atoms with Gasteiger partial charge in [0.2, 0.25) is 0 Å². The molecule has 0 aliphatic heterocycles. The van der Waals surface area contributed by atoms with Gasteiger partial charge in [-0.05, 0) is 30.3 Å². The second-order valence-electron chi connectivity index (χ2n) is 5.79. The lowest BCUT2D eigenvalue weighted by atomic mass is 10.2. The first-order chi connectivity index (χ1) is 14.3. The zero-order valence-electron chi connectivity index (χ0n) is 15.4. The van der Waals surface area contributed by atoms with Crippen LogP contribution in [-0.2, 0) is 0 Å². The molecule has 0 aromatic heterocycles. The van der Waals surface area contributed by atoms with E-state index in [0.29, 0.717) is 0 Å². The number of hydrogen-bond donors (Lipinski definition) is 1.